The number of amides is 3. The zero-order valence-electron chi connectivity index (χ0n) is 11.5. The highest BCUT2D eigenvalue weighted by atomic mass is 16.5. The summed E-state index contributed by atoms with van der Waals surface area (Å²) in [5.74, 6) is -1.94. The fourth-order valence-corrected chi connectivity index (χ4v) is 2.31. The Hall–Kier alpha value is -1.67. The quantitative estimate of drug-likeness (QED) is 0.574. The summed E-state index contributed by atoms with van der Waals surface area (Å²) in [6, 6.07) is -1.13. The number of ether oxygens (including phenoxy) is 1. The average Bonchev–Trinajstić information content (AvgIpc) is 2.82. The first-order valence-corrected chi connectivity index (χ1v) is 6.59. The lowest BCUT2D eigenvalue weighted by atomic mass is 10.0. The zero-order valence-corrected chi connectivity index (χ0v) is 11.5. The molecule has 1 rings (SSSR count). The van der Waals surface area contributed by atoms with Gasteiger partial charge in [-0.1, -0.05) is 6.92 Å². The van der Waals surface area contributed by atoms with Gasteiger partial charge < -0.3 is 15.6 Å². The highest BCUT2D eigenvalue weighted by Crippen LogP contribution is 2.20. The van der Waals surface area contributed by atoms with Crippen molar-refractivity contribution in [3.63, 3.8) is 0 Å². The van der Waals surface area contributed by atoms with Crippen LogP contribution in [0.15, 0.2) is 0 Å². The van der Waals surface area contributed by atoms with E-state index in [2.05, 4.69) is 0 Å². The lowest BCUT2D eigenvalue weighted by molar-refractivity contribution is -0.143. The van der Waals surface area contributed by atoms with Gasteiger partial charge in [-0.05, 0) is 13.0 Å². The number of carboxylic acid groups (broad SMARTS) is 1. The molecule has 1 fully saturated rings. The average molecular weight is 287 g/mol. The van der Waals surface area contributed by atoms with Crippen molar-refractivity contribution in [2.75, 3.05) is 26.3 Å². The highest BCUT2D eigenvalue weighted by molar-refractivity contribution is 5.93. The molecule has 1 aliphatic heterocycles. The lowest BCUT2D eigenvalue weighted by Crippen LogP contribution is -2.45. The number of carboxylic acids is 1. The van der Waals surface area contributed by atoms with Gasteiger partial charge in [0.15, 0.2) is 0 Å². The number of primary amides is 1. The monoisotopic (exact) mass is 287 g/mol. The van der Waals surface area contributed by atoms with Gasteiger partial charge in [0, 0.05) is 19.0 Å². The maximum Gasteiger partial charge on any atom is 0.318 e. The van der Waals surface area contributed by atoms with Crippen LogP contribution in [0, 0.1) is 5.92 Å². The molecule has 8 nitrogen and oxygen atoms in total. The second kappa shape index (κ2) is 7.81. The molecule has 0 spiro atoms. The number of rotatable bonds is 7. The topological polar surface area (TPSA) is 122 Å². The van der Waals surface area contributed by atoms with Gasteiger partial charge in [0.1, 0.15) is 0 Å². The maximum absolute atomic E-state index is 11.4. The summed E-state index contributed by atoms with van der Waals surface area (Å²) in [5.41, 5.74) is 4.86. The van der Waals surface area contributed by atoms with Crippen molar-refractivity contribution in [2.24, 2.45) is 11.7 Å². The molecule has 1 heterocycles. The summed E-state index contributed by atoms with van der Waals surface area (Å²) in [6.45, 7) is 3.54. The minimum Gasteiger partial charge on any atom is -0.481 e. The number of carbonyl (C=O) groups excluding carboxylic acids is 2. The lowest BCUT2D eigenvalue weighted by Gasteiger charge is -2.29. The number of nitrogens with two attached hydrogens (primary N) is 1. The molecular weight excluding hydrogens is 266 g/mol. The Bertz CT molecular complexity index is 374. The Morgan fingerprint density at radius 2 is 2.05 bits per heavy atom. The molecule has 1 aliphatic rings. The molecule has 8 heteroatoms. The van der Waals surface area contributed by atoms with E-state index < -0.39 is 23.8 Å². The normalized spacial score (nSPS) is 21.9. The standard InChI is InChI=1S/C12H21N3O5/c1-2-4-15(5-3-10(16)14-12(13)19)9-7-20-6-8(9)11(17)18/h8-9H,2-7H2,1H3,(H,17,18)(H3,13,14,16,19). The van der Waals surface area contributed by atoms with Gasteiger partial charge in [-0.3, -0.25) is 19.8 Å². The Morgan fingerprint density at radius 1 is 1.35 bits per heavy atom. The summed E-state index contributed by atoms with van der Waals surface area (Å²) in [5, 5.41) is 11.1. The molecule has 0 bridgehead atoms. The molecule has 0 saturated carbocycles. The fraction of sp³-hybridized carbons (Fsp3) is 0.750. The Morgan fingerprint density at radius 3 is 2.60 bits per heavy atom. The second-order valence-corrected chi connectivity index (χ2v) is 4.75. The van der Waals surface area contributed by atoms with Crippen LogP contribution in [0.5, 0.6) is 0 Å². The SMILES string of the molecule is CCCN(CCC(=O)NC(N)=O)C1COCC1C(=O)O. The molecule has 2 atom stereocenters. The van der Waals surface area contributed by atoms with Gasteiger partial charge in [0.2, 0.25) is 5.91 Å². The first-order chi connectivity index (χ1) is 9.45. The van der Waals surface area contributed by atoms with E-state index in [0.717, 1.165) is 6.42 Å². The smallest absolute Gasteiger partial charge is 0.318 e. The molecule has 0 aromatic rings. The number of urea groups is 1. The maximum atomic E-state index is 11.4. The molecule has 0 aromatic heterocycles. The third kappa shape index (κ3) is 4.78. The largest absolute Gasteiger partial charge is 0.481 e. The molecule has 0 aliphatic carbocycles. The van der Waals surface area contributed by atoms with E-state index in [4.69, 9.17) is 15.6 Å². The third-order valence-corrected chi connectivity index (χ3v) is 3.24. The van der Waals surface area contributed by atoms with Crippen LogP contribution < -0.4 is 11.1 Å². The molecule has 1 saturated heterocycles. The predicted octanol–water partition coefficient (Wildman–Crippen LogP) is -0.617. The number of aliphatic carboxylic acids is 1. The molecule has 114 valence electrons. The van der Waals surface area contributed by atoms with Gasteiger partial charge in [-0.2, -0.15) is 0 Å². The van der Waals surface area contributed by atoms with Crippen LogP contribution in [0.3, 0.4) is 0 Å². The molecule has 0 radical (unpaired) electrons. The van der Waals surface area contributed by atoms with Crippen LogP contribution in [-0.4, -0.2) is 60.3 Å². The number of imide groups is 1. The number of hydrogen-bond acceptors (Lipinski definition) is 5. The van der Waals surface area contributed by atoms with Gasteiger partial charge in [-0.25, -0.2) is 4.79 Å². The van der Waals surface area contributed by atoms with E-state index in [0.29, 0.717) is 19.7 Å². The molecule has 20 heavy (non-hydrogen) atoms. The molecule has 3 amide bonds. The number of hydrogen-bond donors (Lipinski definition) is 3. The van der Waals surface area contributed by atoms with Crippen molar-refractivity contribution < 1.29 is 24.2 Å². The number of nitrogens with zero attached hydrogens (tertiary/aromatic N) is 1. The van der Waals surface area contributed by atoms with Crippen LogP contribution in [-0.2, 0) is 14.3 Å². The Kier molecular flexibility index (Phi) is 6.40. The van der Waals surface area contributed by atoms with Gasteiger partial charge in [-0.15, -0.1) is 0 Å². The summed E-state index contributed by atoms with van der Waals surface area (Å²) in [7, 11) is 0. The van der Waals surface area contributed by atoms with Gasteiger partial charge >= 0.3 is 12.0 Å². The Balaban J connectivity index is 2.57. The summed E-state index contributed by atoms with van der Waals surface area (Å²) in [4.78, 5) is 35.0. The van der Waals surface area contributed by atoms with Crippen molar-refractivity contribution in [1.82, 2.24) is 10.2 Å². The molecular formula is C12H21N3O5. The van der Waals surface area contributed by atoms with Crippen LogP contribution in [0.25, 0.3) is 0 Å². The van der Waals surface area contributed by atoms with Crippen LogP contribution in [0.4, 0.5) is 4.79 Å². The van der Waals surface area contributed by atoms with E-state index in [1.807, 2.05) is 17.1 Å². The first kappa shape index (κ1) is 16.4. The predicted molar refractivity (Wildman–Crippen MR) is 69.9 cm³/mol. The fourth-order valence-electron chi connectivity index (χ4n) is 2.31. The minimum atomic E-state index is -0.893. The molecule has 0 aromatic carbocycles. The molecule has 2 unspecified atom stereocenters. The van der Waals surface area contributed by atoms with Crippen LogP contribution >= 0.6 is 0 Å². The van der Waals surface area contributed by atoms with Crippen molar-refractivity contribution >= 4 is 17.9 Å². The van der Waals surface area contributed by atoms with E-state index in [9.17, 15) is 14.4 Å². The van der Waals surface area contributed by atoms with Crippen LogP contribution in [0.1, 0.15) is 19.8 Å². The first-order valence-electron chi connectivity index (χ1n) is 6.59. The number of nitrogens with one attached hydrogen (secondary N) is 1. The zero-order chi connectivity index (χ0) is 15.1. The second-order valence-electron chi connectivity index (χ2n) is 4.75. The third-order valence-electron chi connectivity index (χ3n) is 3.24. The number of carbonyl (C=O) groups is 3. The summed E-state index contributed by atoms with van der Waals surface area (Å²) in [6.07, 6.45) is 0.923. The van der Waals surface area contributed by atoms with E-state index in [1.54, 1.807) is 0 Å². The summed E-state index contributed by atoms with van der Waals surface area (Å²) < 4.78 is 5.23. The van der Waals surface area contributed by atoms with Crippen LogP contribution in [0.2, 0.25) is 0 Å². The van der Waals surface area contributed by atoms with Gasteiger partial charge in [0.25, 0.3) is 0 Å². The summed E-state index contributed by atoms with van der Waals surface area (Å²) >= 11 is 0. The minimum absolute atomic E-state index is 0.0891. The van der Waals surface area contributed by atoms with E-state index in [1.165, 1.54) is 0 Å². The molecule has 4 N–H and O–H groups in total. The van der Waals surface area contributed by atoms with Crippen molar-refractivity contribution in [1.29, 1.82) is 0 Å². The van der Waals surface area contributed by atoms with E-state index in [-0.39, 0.29) is 19.1 Å². The highest BCUT2D eigenvalue weighted by Gasteiger charge is 2.37. The van der Waals surface area contributed by atoms with Crippen molar-refractivity contribution in [3.05, 3.63) is 0 Å². The van der Waals surface area contributed by atoms with Crippen molar-refractivity contribution in [2.45, 2.75) is 25.8 Å². The van der Waals surface area contributed by atoms with Gasteiger partial charge in [0.05, 0.1) is 19.1 Å². The van der Waals surface area contributed by atoms with E-state index >= 15 is 0 Å². The van der Waals surface area contributed by atoms with Crippen molar-refractivity contribution in [3.8, 4) is 0 Å². The Labute approximate surface area is 117 Å².